The third-order valence-electron chi connectivity index (χ3n) is 1.66. The molecule has 2 rings (SSSR count). The second-order valence-electron chi connectivity index (χ2n) is 2.32. The van der Waals surface area contributed by atoms with Gasteiger partial charge in [-0.1, -0.05) is 0 Å². The summed E-state index contributed by atoms with van der Waals surface area (Å²) in [7, 11) is 0. The summed E-state index contributed by atoms with van der Waals surface area (Å²) in [6.45, 7) is 0.475. The van der Waals surface area contributed by atoms with E-state index in [0.717, 1.165) is 0 Å². The fourth-order valence-corrected chi connectivity index (χ4v) is 1.14. The van der Waals surface area contributed by atoms with Gasteiger partial charge < -0.3 is 9.52 Å². The minimum absolute atomic E-state index is 0.428. The first kappa shape index (κ1) is 6.36. The molecule has 1 aliphatic heterocycles. The first-order valence-corrected chi connectivity index (χ1v) is 3.17. The molecular formula is C6H6N2O3. The van der Waals surface area contributed by atoms with Gasteiger partial charge in [-0.2, -0.15) is 0 Å². The third kappa shape index (κ3) is 0.813. The van der Waals surface area contributed by atoms with Crippen LogP contribution >= 0.6 is 0 Å². The molecule has 1 aromatic heterocycles. The average Bonchev–Trinajstić information content (AvgIpc) is 2.41. The zero-order valence-corrected chi connectivity index (χ0v) is 5.57. The van der Waals surface area contributed by atoms with Crippen molar-refractivity contribution < 1.29 is 14.3 Å². The Morgan fingerprint density at radius 1 is 1.91 bits per heavy atom. The SMILES string of the molecule is O=C(O)C1NCc2ncoc21. The van der Waals surface area contributed by atoms with Crippen LogP contribution in [0.15, 0.2) is 10.8 Å². The number of hydrogen-bond donors (Lipinski definition) is 2. The molecule has 0 fully saturated rings. The van der Waals surface area contributed by atoms with Crippen molar-refractivity contribution in [3.63, 3.8) is 0 Å². The van der Waals surface area contributed by atoms with Gasteiger partial charge in [0.15, 0.2) is 18.2 Å². The maximum atomic E-state index is 10.5. The molecule has 1 atom stereocenters. The van der Waals surface area contributed by atoms with Crippen molar-refractivity contribution in [1.29, 1.82) is 0 Å². The molecule has 1 aliphatic rings. The zero-order valence-electron chi connectivity index (χ0n) is 5.57. The fraction of sp³-hybridized carbons (Fsp3) is 0.333. The van der Waals surface area contributed by atoms with Crippen LogP contribution in [0.5, 0.6) is 0 Å². The Hall–Kier alpha value is -1.36. The van der Waals surface area contributed by atoms with Crippen molar-refractivity contribution in [2.75, 3.05) is 0 Å². The number of carboxylic acids is 1. The highest BCUT2D eigenvalue weighted by Gasteiger charge is 2.31. The minimum Gasteiger partial charge on any atom is -0.480 e. The predicted octanol–water partition coefficient (Wildman–Crippen LogP) is -0.0965. The van der Waals surface area contributed by atoms with Crippen molar-refractivity contribution in [1.82, 2.24) is 10.3 Å². The van der Waals surface area contributed by atoms with Crippen molar-refractivity contribution in [3.8, 4) is 0 Å². The smallest absolute Gasteiger partial charge is 0.328 e. The second-order valence-corrected chi connectivity index (χ2v) is 2.32. The first-order chi connectivity index (χ1) is 5.29. The van der Waals surface area contributed by atoms with E-state index in [-0.39, 0.29) is 0 Å². The molecule has 0 saturated heterocycles. The lowest BCUT2D eigenvalue weighted by Crippen LogP contribution is -2.21. The molecule has 5 heteroatoms. The van der Waals surface area contributed by atoms with Crippen LogP contribution in [0.3, 0.4) is 0 Å². The summed E-state index contributed by atoms with van der Waals surface area (Å²) in [6, 6.07) is -0.715. The molecule has 0 amide bonds. The Balaban J connectivity index is 2.38. The number of carboxylic acid groups (broad SMARTS) is 1. The van der Waals surface area contributed by atoms with Gasteiger partial charge in [0.1, 0.15) is 0 Å². The molecule has 0 radical (unpaired) electrons. The first-order valence-electron chi connectivity index (χ1n) is 3.17. The molecule has 0 bridgehead atoms. The topological polar surface area (TPSA) is 75.4 Å². The monoisotopic (exact) mass is 154 g/mol. The van der Waals surface area contributed by atoms with Crippen LogP contribution in [-0.4, -0.2) is 16.1 Å². The maximum Gasteiger partial charge on any atom is 0.328 e. The molecule has 58 valence electrons. The van der Waals surface area contributed by atoms with Gasteiger partial charge in [-0.15, -0.1) is 0 Å². The van der Waals surface area contributed by atoms with E-state index in [1.807, 2.05) is 0 Å². The number of nitrogens with one attached hydrogen (secondary N) is 1. The van der Waals surface area contributed by atoms with E-state index >= 15 is 0 Å². The minimum atomic E-state index is -0.930. The lowest BCUT2D eigenvalue weighted by atomic mass is 10.2. The average molecular weight is 154 g/mol. The Labute approximate surface area is 62.0 Å². The van der Waals surface area contributed by atoms with E-state index < -0.39 is 12.0 Å². The van der Waals surface area contributed by atoms with Gasteiger partial charge in [0, 0.05) is 6.54 Å². The Bertz CT molecular complexity index is 294. The van der Waals surface area contributed by atoms with Crippen LogP contribution in [0.4, 0.5) is 0 Å². The van der Waals surface area contributed by atoms with Crippen molar-refractivity contribution in [2.45, 2.75) is 12.6 Å². The number of hydrogen-bond acceptors (Lipinski definition) is 4. The number of fused-ring (bicyclic) bond motifs is 1. The summed E-state index contributed by atoms with van der Waals surface area (Å²) in [6.07, 6.45) is 1.27. The van der Waals surface area contributed by atoms with Crippen molar-refractivity contribution in [2.24, 2.45) is 0 Å². The van der Waals surface area contributed by atoms with Gasteiger partial charge in [0.2, 0.25) is 0 Å². The highest BCUT2D eigenvalue weighted by Crippen LogP contribution is 2.23. The third-order valence-corrected chi connectivity index (χ3v) is 1.66. The molecular weight excluding hydrogens is 148 g/mol. The number of rotatable bonds is 1. The number of aliphatic carboxylic acids is 1. The van der Waals surface area contributed by atoms with Crippen LogP contribution < -0.4 is 5.32 Å². The van der Waals surface area contributed by atoms with E-state index in [1.165, 1.54) is 6.39 Å². The van der Waals surface area contributed by atoms with E-state index in [1.54, 1.807) is 0 Å². The molecule has 1 aromatic rings. The summed E-state index contributed by atoms with van der Waals surface area (Å²) in [5.41, 5.74) is 0.692. The van der Waals surface area contributed by atoms with E-state index in [9.17, 15) is 4.79 Å². The van der Waals surface area contributed by atoms with Crippen LogP contribution in [0.1, 0.15) is 17.5 Å². The van der Waals surface area contributed by atoms with Gasteiger partial charge in [0.25, 0.3) is 0 Å². The Morgan fingerprint density at radius 2 is 2.73 bits per heavy atom. The normalized spacial score (nSPS) is 21.6. The summed E-state index contributed by atoms with van der Waals surface area (Å²) < 4.78 is 4.90. The molecule has 11 heavy (non-hydrogen) atoms. The molecule has 0 saturated carbocycles. The summed E-state index contributed by atoms with van der Waals surface area (Å²) >= 11 is 0. The molecule has 0 spiro atoms. The highest BCUT2D eigenvalue weighted by atomic mass is 16.4. The van der Waals surface area contributed by atoms with E-state index in [4.69, 9.17) is 9.52 Å². The van der Waals surface area contributed by atoms with Crippen LogP contribution in [0, 0.1) is 0 Å². The Kier molecular flexibility index (Phi) is 1.19. The largest absolute Gasteiger partial charge is 0.480 e. The molecule has 1 unspecified atom stereocenters. The van der Waals surface area contributed by atoms with Crippen molar-refractivity contribution in [3.05, 3.63) is 17.8 Å². The van der Waals surface area contributed by atoms with E-state index in [0.29, 0.717) is 18.0 Å². The summed E-state index contributed by atoms with van der Waals surface area (Å²) in [5.74, 6) is -0.502. The molecule has 0 aromatic carbocycles. The maximum absolute atomic E-state index is 10.5. The van der Waals surface area contributed by atoms with Gasteiger partial charge in [-0.25, -0.2) is 4.98 Å². The van der Waals surface area contributed by atoms with Gasteiger partial charge in [-0.05, 0) is 0 Å². The highest BCUT2D eigenvalue weighted by molar-refractivity contribution is 5.75. The predicted molar refractivity (Wildman–Crippen MR) is 33.7 cm³/mol. The fourth-order valence-electron chi connectivity index (χ4n) is 1.14. The van der Waals surface area contributed by atoms with E-state index in [2.05, 4.69) is 10.3 Å². The van der Waals surface area contributed by atoms with Crippen LogP contribution in [0.2, 0.25) is 0 Å². The molecule has 2 heterocycles. The number of nitrogens with zero attached hydrogens (tertiary/aromatic N) is 1. The van der Waals surface area contributed by atoms with Gasteiger partial charge in [0.05, 0.1) is 5.69 Å². The molecule has 5 nitrogen and oxygen atoms in total. The summed E-state index contributed by atoms with van der Waals surface area (Å²) in [4.78, 5) is 14.3. The number of carbonyl (C=O) groups is 1. The number of aromatic nitrogens is 1. The molecule has 2 N–H and O–H groups in total. The van der Waals surface area contributed by atoms with Gasteiger partial charge in [-0.3, -0.25) is 10.1 Å². The standard InChI is InChI=1S/C6H6N2O3/c9-6(10)4-5-3(1-7-4)8-2-11-5/h2,4,7H,1H2,(H,9,10). The summed E-state index contributed by atoms with van der Waals surface area (Å²) in [5, 5.41) is 11.4. The van der Waals surface area contributed by atoms with Crippen LogP contribution in [-0.2, 0) is 11.3 Å². The Morgan fingerprint density at radius 3 is 3.45 bits per heavy atom. The zero-order chi connectivity index (χ0) is 7.84. The number of oxazole rings is 1. The molecule has 0 aliphatic carbocycles. The lowest BCUT2D eigenvalue weighted by molar-refractivity contribution is -0.139. The lowest BCUT2D eigenvalue weighted by Gasteiger charge is -2.00. The van der Waals surface area contributed by atoms with Crippen LogP contribution in [0.25, 0.3) is 0 Å². The quantitative estimate of drug-likeness (QED) is 0.590. The van der Waals surface area contributed by atoms with Crippen molar-refractivity contribution >= 4 is 5.97 Å². The second kappa shape index (κ2) is 2.06. The van der Waals surface area contributed by atoms with Gasteiger partial charge >= 0.3 is 5.97 Å².